The third-order valence-electron chi connectivity index (χ3n) is 2.89. The largest absolute Gasteiger partial charge is 0.311 e. The second kappa shape index (κ2) is 6.72. The van der Waals surface area contributed by atoms with E-state index < -0.39 is 0 Å². The summed E-state index contributed by atoms with van der Waals surface area (Å²) in [5, 5.41) is 6.15. The van der Waals surface area contributed by atoms with Gasteiger partial charge in [0.2, 0.25) is 0 Å². The number of nitrogens with one attached hydrogen (secondary N) is 1. The number of thiazole rings is 1. The number of rotatable bonds is 6. The Balaban J connectivity index is 1.51. The molecule has 0 saturated heterocycles. The Bertz CT molecular complexity index is 628. The molecule has 20 heavy (non-hydrogen) atoms. The molecule has 0 fully saturated rings. The van der Waals surface area contributed by atoms with Crippen molar-refractivity contribution in [1.29, 1.82) is 0 Å². The van der Waals surface area contributed by atoms with Gasteiger partial charge in [-0.3, -0.25) is 0 Å². The molecular weight excluding hydrogens is 304 g/mol. The molecule has 2 heterocycles. The molecule has 1 unspecified atom stereocenters. The highest BCUT2D eigenvalue weighted by Gasteiger charge is 2.09. The molecule has 0 amide bonds. The first-order valence-corrected chi connectivity index (χ1v) is 9.14. The molecule has 0 aliphatic carbocycles. The van der Waals surface area contributed by atoms with Crippen molar-refractivity contribution in [1.82, 2.24) is 10.3 Å². The van der Waals surface area contributed by atoms with Gasteiger partial charge in [-0.25, -0.2) is 4.98 Å². The van der Waals surface area contributed by atoms with Gasteiger partial charge in [-0.1, -0.05) is 36.9 Å². The molecule has 0 radical (unpaired) electrons. The summed E-state index contributed by atoms with van der Waals surface area (Å²) in [4.78, 5) is 6.06. The van der Waals surface area contributed by atoms with Gasteiger partial charge in [0.1, 0.15) is 0 Å². The predicted octanol–water partition coefficient (Wildman–Crippen LogP) is 4.63. The van der Waals surface area contributed by atoms with E-state index in [0.717, 1.165) is 22.9 Å². The van der Waals surface area contributed by atoms with Gasteiger partial charge in [-0.15, -0.1) is 22.7 Å². The van der Waals surface area contributed by atoms with Crippen LogP contribution in [0.4, 0.5) is 0 Å². The Morgan fingerprint density at radius 2 is 2.15 bits per heavy atom. The van der Waals surface area contributed by atoms with Crippen LogP contribution in [0, 0.1) is 0 Å². The van der Waals surface area contributed by atoms with Gasteiger partial charge in [0.15, 0.2) is 4.34 Å². The summed E-state index contributed by atoms with van der Waals surface area (Å²) in [5.74, 6) is 0. The zero-order chi connectivity index (χ0) is 13.8. The summed E-state index contributed by atoms with van der Waals surface area (Å²) < 4.78 is 2.44. The zero-order valence-electron chi connectivity index (χ0n) is 11.2. The van der Waals surface area contributed by atoms with Gasteiger partial charge in [0.25, 0.3) is 0 Å². The van der Waals surface area contributed by atoms with Crippen LogP contribution in [-0.4, -0.2) is 16.8 Å². The number of hydrogen-bond acceptors (Lipinski definition) is 5. The van der Waals surface area contributed by atoms with Crippen molar-refractivity contribution in [3.05, 3.63) is 46.7 Å². The Morgan fingerprint density at radius 3 is 2.95 bits per heavy atom. The van der Waals surface area contributed by atoms with Gasteiger partial charge in [-0.05, 0) is 23.6 Å². The molecule has 0 aliphatic heterocycles. The van der Waals surface area contributed by atoms with Crippen LogP contribution in [0.2, 0.25) is 0 Å². The van der Waals surface area contributed by atoms with Gasteiger partial charge >= 0.3 is 0 Å². The highest BCUT2D eigenvalue weighted by Crippen LogP contribution is 2.31. The van der Waals surface area contributed by atoms with Gasteiger partial charge in [-0.2, -0.15) is 0 Å². The number of thiophene rings is 1. The van der Waals surface area contributed by atoms with E-state index >= 15 is 0 Å². The van der Waals surface area contributed by atoms with E-state index in [1.165, 1.54) is 9.58 Å². The van der Waals surface area contributed by atoms with E-state index in [9.17, 15) is 0 Å². The molecule has 5 heteroatoms. The van der Waals surface area contributed by atoms with Crippen LogP contribution >= 0.6 is 34.4 Å². The summed E-state index contributed by atoms with van der Waals surface area (Å²) in [6.45, 7) is 4.21. The van der Waals surface area contributed by atoms with Crippen molar-refractivity contribution in [2.45, 2.75) is 23.1 Å². The number of fused-ring (bicyclic) bond motifs is 1. The van der Waals surface area contributed by atoms with Crippen molar-refractivity contribution in [2.75, 3.05) is 6.54 Å². The van der Waals surface area contributed by atoms with Crippen LogP contribution in [0.3, 0.4) is 0 Å². The average Bonchev–Trinajstić information content (AvgIpc) is 3.06. The minimum absolute atomic E-state index is 0.524. The zero-order valence-corrected chi connectivity index (χ0v) is 13.7. The monoisotopic (exact) mass is 320 g/mol. The van der Waals surface area contributed by atoms with Crippen molar-refractivity contribution in [2.24, 2.45) is 0 Å². The maximum absolute atomic E-state index is 4.67. The minimum atomic E-state index is 0.524. The van der Waals surface area contributed by atoms with Gasteiger partial charge in [0, 0.05) is 23.2 Å². The van der Waals surface area contributed by atoms with E-state index in [-0.39, 0.29) is 0 Å². The number of nitrogens with zero attached hydrogens (tertiary/aromatic N) is 1. The highest BCUT2D eigenvalue weighted by atomic mass is 32.2. The van der Waals surface area contributed by atoms with E-state index in [0.29, 0.717) is 5.25 Å². The van der Waals surface area contributed by atoms with Crippen molar-refractivity contribution >= 4 is 44.7 Å². The summed E-state index contributed by atoms with van der Waals surface area (Å²) >= 11 is 5.44. The molecule has 0 saturated carbocycles. The lowest BCUT2D eigenvalue weighted by Crippen LogP contribution is -2.21. The fourth-order valence-electron chi connectivity index (χ4n) is 1.93. The van der Waals surface area contributed by atoms with Crippen LogP contribution in [0.5, 0.6) is 0 Å². The number of para-hydroxylation sites is 1. The molecule has 3 aromatic rings. The fourth-order valence-corrected chi connectivity index (χ4v) is 4.95. The average molecular weight is 321 g/mol. The molecule has 2 nitrogen and oxygen atoms in total. The first kappa shape index (κ1) is 14.1. The number of benzene rings is 1. The number of hydrogen-bond donors (Lipinski definition) is 1. The number of thioether (sulfide) groups is 1. The number of aromatic nitrogens is 1. The molecule has 1 N–H and O–H groups in total. The second-order valence-electron chi connectivity index (χ2n) is 4.59. The molecule has 3 rings (SSSR count). The molecule has 0 bridgehead atoms. The first-order valence-electron chi connectivity index (χ1n) is 6.56. The van der Waals surface area contributed by atoms with Crippen LogP contribution in [0.15, 0.2) is 46.1 Å². The highest BCUT2D eigenvalue weighted by molar-refractivity contribution is 8.01. The van der Waals surface area contributed by atoms with Crippen molar-refractivity contribution in [3.8, 4) is 0 Å². The lowest BCUT2D eigenvalue weighted by molar-refractivity contribution is 0.690. The molecule has 104 valence electrons. The Kier molecular flexibility index (Phi) is 4.73. The second-order valence-corrected chi connectivity index (χ2v) is 8.33. The predicted molar refractivity (Wildman–Crippen MR) is 91.0 cm³/mol. The third-order valence-corrected chi connectivity index (χ3v) is 6.00. The van der Waals surface area contributed by atoms with Crippen molar-refractivity contribution in [3.63, 3.8) is 0 Å². The Labute approximate surface area is 131 Å². The van der Waals surface area contributed by atoms with Gasteiger partial charge in [0.05, 0.1) is 10.2 Å². The van der Waals surface area contributed by atoms with E-state index in [2.05, 4.69) is 52.9 Å². The summed E-state index contributed by atoms with van der Waals surface area (Å²) in [5.41, 5.74) is 1.11. The molecule has 2 aromatic heterocycles. The minimum Gasteiger partial charge on any atom is -0.311 e. The Morgan fingerprint density at radius 1 is 1.25 bits per heavy atom. The molecule has 0 spiro atoms. The molecular formula is C15H16N2S3. The normalized spacial score (nSPS) is 12.8. The Hall–Kier alpha value is -0.880. The SMILES string of the molecule is CC(CNCc1cccs1)Sc1nc2ccccc2s1. The van der Waals surface area contributed by atoms with E-state index in [1.807, 2.05) is 17.8 Å². The lowest BCUT2D eigenvalue weighted by atomic mass is 10.3. The maximum atomic E-state index is 4.67. The first-order chi connectivity index (χ1) is 9.81. The fraction of sp³-hybridized carbons (Fsp3) is 0.267. The summed E-state index contributed by atoms with van der Waals surface area (Å²) in [6.07, 6.45) is 0. The smallest absolute Gasteiger partial charge is 0.151 e. The van der Waals surface area contributed by atoms with Gasteiger partial charge < -0.3 is 5.32 Å². The quantitative estimate of drug-likeness (QED) is 0.670. The third kappa shape index (κ3) is 3.61. The van der Waals surface area contributed by atoms with Crippen LogP contribution in [-0.2, 0) is 6.54 Å². The van der Waals surface area contributed by atoms with Crippen LogP contribution in [0.1, 0.15) is 11.8 Å². The van der Waals surface area contributed by atoms with Crippen LogP contribution < -0.4 is 5.32 Å². The molecule has 1 atom stereocenters. The maximum Gasteiger partial charge on any atom is 0.151 e. The standard InChI is InChI=1S/C15H16N2S3/c1-11(9-16-10-12-5-4-8-18-12)19-15-17-13-6-2-3-7-14(13)20-15/h2-8,11,16H,9-10H2,1H3. The summed E-state index contributed by atoms with van der Waals surface area (Å²) in [7, 11) is 0. The topological polar surface area (TPSA) is 24.9 Å². The molecule has 1 aromatic carbocycles. The van der Waals surface area contributed by atoms with Crippen LogP contribution in [0.25, 0.3) is 10.2 Å². The lowest BCUT2D eigenvalue weighted by Gasteiger charge is -2.09. The van der Waals surface area contributed by atoms with E-state index in [1.54, 1.807) is 22.7 Å². The summed E-state index contributed by atoms with van der Waals surface area (Å²) in [6, 6.07) is 12.6. The van der Waals surface area contributed by atoms with E-state index in [4.69, 9.17) is 0 Å². The van der Waals surface area contributed by atoms with Crippen molar-refractivity contribution < 1.29 is 0 Å². The molecule has 0 aliphatic rings.